The van der Waals surface area contributed by atoms with Gasteiger partial charge in [-0.15, -0.1) is 0 Å². The number of amides is 2. The predicted molar refractivity (Wildman–Crippen MR) is 193 cm³/mol. The number of hydrogen-bond donors (Lipinski definition) is 2. The standard InChI is InChI=1S/C21H21NO5.C21H19NO4/c23-11-21(15-9-18-19(10-17(15)24)27-12-26-18)14-3-1-2-4-16(14)22(20(21)25)8-7-13-5-6-13;23-20-21(11-24-17-10-19-18(9-15(17)21)25-12-26-19)14-3-1-2-4-16(14)22(20)8-7-13-5-6-13/h1-4,9-10,13,23-24H,5-8,11-12H2;1-4,9-10,13H,5-8,11-12H2. The fraction of sp³-hybridized carbons (Fsp3) is 0.381. The smallest absolute Gasteiger partial charge is 0.245 e. The van der Waals surface area contributed by atoms with Gasteiger partial charge in [-0.3, -0.25) is 9.59 Å². The van der Waals surface area contributed by atoms with E-state index in [1.807, 2.05) is 53.4 Å². The summed E-state index contributed by atoms with van der Waals surface area (Å²) in [5.74, 6) is 4.31. The van der Waals surface area contributed by atoms with Crippen LogP contribution in [0.2, 0.25) is 0 Å². The zero-order chi connectivity index (χ0) is 35.9. The molecule has 2 unspecified atom stereocenters. The molecule has 11 heteroatoms. The minimum absolute atomic E-state index is 0.0718. The van der Waals surface area contributed by atoms with Crippen molar-refractivity contribution in [3.05, 3.63) is 95.1 Å². The van der Waals surface area contributed by atoms with Crippen LogP contribution in [0.4, 0.5) is 11.4 Å². The zero-order valence-electron chi connectivity index (χ0n) is 29.2. The molecule has 0 bridgehead atoms. The van der Waals surface area contributed by atoms with Crippen LogP contribution in [-0.2, 0) is 20.4 Å². The lowest BCUT2D eigenvalue weighted by molar-refractivity contribution is -0.123. The molecule has 2 N–H and O–H groups in total. The van der Waals surface area contributed by atoms with E-state index in [1.165, 1.54) is 31.7 Å². The summed E-state index contributed by atoms with van der Waals surface area (Å²) >= 11 is 0. The summed E-state index contributed by atoms with van der Waals surface area (Å²) in [5.41, 5.74) is 2.71. The number of rotatable bonds is 8. The van der Waals surface area contributed by atoms with Crippen molar-refractivity contribution in [3.63, 3.8) is 0 Å². The molecule has 4 aromatic rings. The van der Waals surface area contributed by atoms with Crippen molar-refractivity contribution in [2.24, 2.45) is 11.8 Å². The van der Waals surface area contributed by atoms with Gasteiger partial charge in [-0.05, 0) is 60.1 Å². The van der Waals surface area contributed by atoms with Gasteiger partial charge in [0, 0.05) is 47.7 Å². The molecule has 2 saturated carbocycles. The van der Waals surface area contributed by atoms with Gasteiger partial charge in [0.05, 0.1) is 6.61 Å². The van der Waals surface area contributed by atoms with Gasteiger partial charge >= 0.3 is 0 Å². The lowest BCUT2D eigenvalue weighted by atomic mass is 9.75. The van der Waals surface area contributed by atoms with Crippen LogP contribution in [0, 0.1) is 11.8 Å². The monoisotopic (exact) mass is 716 g/mol. The molecular weight excluding hydrogens is 676 g/mol. The summed E-state index contributed by atoms with van der Waals surface area (Å²) in [7, 11) is 0. The Bertz CT molecular complexity index is 2160. The van der Waals surface area contributed by atoms with Crippen LogP contribution in [0.1, 0.15) is 60.8 Å². The van der Waals surface area contributed by atoms with Gasteiger partial charge < -0.3 is 43.7 Å². The van der Waals surface area contributed by atoms with E-state index in [4.69, 9.17) is 23.7 Å². The first-order chi connectivity index (χ1) is 25.9. The Morgan fingerprint density at radius 1 is 0.604 bits per heavy atom. The van der Waals surface area contributed by atoms with E-state index in [2.05, 4.69) is 12.1 Å². The molecule has 53 heavy (non-hydrogen) atoms. The van der Waals surface area contributed by atoms with Crippen LogP contribution >= 0.6 is 0 Å². The molecule has 11 nitrogen and oxygen atoms in total. The van der Waals surface area contributed by atoms with E-state index in [0.29, 0.717) is 53.2 Å². The largest absolute Gasteiger partial charge is 0.507 e. The molecule has 0 radical (unpaired) electrons. The number of anilines is 2. The van der Waals surface area contributed by atoms with Crippen LogP contribution < -0.4 is 33.5 Å². The number of carbonyl (C=O) groups is 2. The Hall–Kier alpha value is -5.42. The molecule has 5 aliphatic heterocycles. The number of benzene rings is 4. The zero-order valence-corrected chi connectivity index (χ0v) is 29.2. The minimum Gasteiger partial charge on any atom is -0.507 e. The van der Waals surface area contributed by atoms with Crippen LogP contribution in [0.15, 0.2) is 72.8 Å². The summed E-state index contributed by atoms with van der Waals surface area (Å²) in [4.78, 5) is 31.0. The number of phenolic OH excluding ortho intramolecular Hbond substituents is 1. The van der Waals surface area contributed by atoms with Crippen molar-refractivity contribution in [3.8, 4) is 34.5 Å². The fourth-order valence-corrected chi connectivity index (χ4v) is 8.74. The summed E-state index contributed by atoms with van der Waals surface area (Å²) in [6.07, 6.45) is 7.06. The highest BCUT2D eigenvalue weighted by Gasteiger charge is 2.57. The van der Waals surface area contributed by atoms with Gasteiger partial charge in [0.2, 0.25) is 25.4 Å². The lowest BCUT2D eigenvalue weighted by Crippen LogP contribution is -2.44. The molecule has 2 aliphatic carbocycles. The first-order valence-electron chi connectivity index (χ1n) is 18.6. The number of nitrogens with zero attached hydrogens (tertiary/aromatic N) is 2. The first kappa shape index (κ1) is 32.2. The summed E-state index contributed by atoms with van der Waals surface area (Å²) < 4.78 is 27.8. The molecule has 7 aliphatic rings. The molecule has 2 fully saturated rings. The first-order valence-corrected chi connectivity index (χ1v) is 18.6. The highest BCUT2D eigenvalue weighted by molar-refractivity contribution is 6.12. The summed E-state index contributed by atoms with van der Waals surface area (Å²) in [5, 5.41) is 21.1. The Morgan fingerprint density at radius 2 is 1.13 bits per heavy atom. The maximum atomic E-state index is 13.7. The van der Waals surface area contributed by atoms with Gasteiger partial charge in [0.1, 0.15) is 28.9 Å². The normalized spacial score (nSPS) is 23.9. The summed E-state index contributed by atoms with van der Waals surface area (Å²) in [6.45, 7) is 1.58. The van der Waals surface area contributed by atoms with E-state index in [-0.39, 0.29) is 31.1 Å². The highest BCUT2D eigenvalue weighted by atomic mass is 16.7. The van der Waals surface area contributed by atoms with Crippen molar-refractivity contribution >= 4 is 23.2 Å². The number of phenols is 1. The quantitative estimate of drug-likeness (QED) is 0.233. The molecule has 11 rings (SSSR count). The summed E-state index contributed by atoms with van der Waals surface area (Å²) in [6, 6.07) is 22.5. The molecule has 272 valence electrons. The second-order valence-corrected chi connectivity index (χ2v) is 15.1. The van der Waals surface area contributed by atoms with E-state index in [1.54, 1.807) is 11.0 Å². The van der Waals surface area contributed by atoms with E-state index in [9.17, 15) is 19.8 Å². The Kier molecular flexibility index (Phi) is 7.34. The number of carbonyl (C=O) groups excluding carboxylic acids is 2. The fourth-order valence-electron chi connectivity index (χ4n) is 8.74. The third-order valence-corrected chi connectivity index (χ3v) is 12.0. The SMILES string of the molecule is O=C1N(CCC2CC2)c2ccccc2C1(CO)c1cc2c(cc1O)OCO2.O=C1N(CCC2CC2)c2ccccc2C12COc1cc3c(cc12)OCO3. The van der Waals surface area contributed by atoms with Crippen LogP contribution in [-0.4, -0.2) is 61.9 Å². The van der Waals surface area contributed by atoms with Gasteiger partial charge in [-0.1, -0.05) is 62.1 Å². The molecule has 5 heterocycles. The van der Waals surface area contributed by atoms with Gasteiger partial charge in [-0.25, -0.2) is 0 Å². The molecular formula is C42H40N2O9. The van der Waals surface area contributed by atoms with Crippen LogP contribution in [0.25, 0.3) is 0 Å². The maximum Gasteiger partial charge on any atom is 0.245 e. The van der Waals surface area contributed by atoms with Crippen molar-refractivity contribution in [1.82, 2.24) is 0 Å². The van der Waals surface area contributed by atoms with Gasteiger partial charge in [0.25, 0.3) is 0 Å². The van der Waals surface area contributed by atoms with Crippen LogP contribution in [0.3, 0.4) is 0 Å². The average molecular weight is 717 g/mol. The molecule has 0 saturated heterocycles. The Balaban J connectivity index is 0.000000132. The highest BCUT2D eigenvalue weighted by Crippen LogP contribution is 2.56. The van der Waals surface area contributed by atoms with E-state index >= 15 is 0 Å². The number of aromatic hydroxyl groups is 1. The lowest BCUT2D eigenvalue weighted by Gasteiger charge is -2.28. The van der Waals surface area contributed by atoms with Gasteiger partial charge in [-0.2, -0.15) is 0 Å². The number of para-hydroxylation sites is 2. The van der Waals surface area contributed by atoms with Crippen molar-refractivity contribution in [1.29, 1.82) is 0 Å². The second kappa shape index (κ2) is 12.1. The molecule has 2 atom stereocenters. The Labute approximate surface area is 306 Å². The van der Waals surface area contributed by atoms with Crippen molar-refractivity contribution < 1.29 is 43.5 Å². The number of hydrogen-bond acceptors (Lipinski definition) is 9. The topological polar surface area (TPSA) is 127 Å². The van der Waals surface area contributed by atoms with Crippen LogP contribution in [0.5, 0.6) is 34.5 Å². The number of aliphatic hydroxyl groups is 1. The molecule has 0 aromatic heterocycles. The Morgan fingerprint density at radius 3 is 1.75 bits per heavy atom. The third kappa shape index (κ3) is 4.89. The minimum atomic E-state index is -1.34. The predicted octanol–water partition coefficient (Wildman–Crippen LogP) is 5.79. The number of fused-ring (bicyclic) bond motifs is 7. The van der Waals surface area contributed by atoms with Crippen molar-refractivity contribution in [2.75, 3.05) is 49.7 Å². The third-order valence-electron chi connectivity index (χ3n) is 12.0. The molecule has 4 aromatic carbocycles. The average Bonchev–Trinajstić information content (AvgIpc) is 4.00. The second-order valence-electron chi connectivity index (χ2n) is 15.1. The molecule has 1 spiro atoms. The number of ether oxygens (including phenoxy) is 5. The van der Waals surface area contributed by atoms with E-state index in [0.717, 1.165) is 53.6 Å². The van der Waals surface area contributed by atoms with Gasteiger partial charge in [0.15, 0.2) is 23.0 Å². The van der Waals surface area contributed by atoms with E-state index < -0.39 is 17.4 Å². The van der Waals surface area contributed by atoms with Crippen molar-refractivity contribution in [2.45, 2.75) is 49.4 Å². The molecule has 2 amide bonds. The maximum absolute atomic E-state index is 13.7. The number of aliphatic hydroxyl groups excluding tert-OH is 1.